The highest BCUT2D eigenvalue weighted by Gasteiger charge is 2.03. The number of anilines is 1. The smallest absolute Gasteiger partial charge is 0.0648 e. The minimum absolute atomic E-state index is 0.106. The molecule has 0 saturated heterocycles. The van der Waals surface area contributed by atoms with Crippen LogP contribution in [0, 0.1) is 5.21 Å². The summed E-state index contributed by atoms with van der Waals surface area (Å²) in [6, 6.07) is 16.6. The van der Waals surface area contributed by atoms with Gasteiger partial charge in [0.25, 0.3) is 0 Å². The summed E-state index contributed by atoms with van der Waals surface area (Å²) in [5.74, 6) is 0. The average molecular weight is 232 g/mol. The maximum absolute atomic E-state index is 10.9. The monoisotopic (exact) mass is 232 g/mol. The Hall–Kier alpha value is -1.49. The molecule has 0 saturated carbocycles. The Bertz CT molecular complexity index is 460. The van der Waals surface area contributed by atoms with E-state index in [0.717, 1.165) is 9.79 Å². The number of para-hydroxylation sites is 1. The van der Waals surface area contributed by atoms with Crippen LogP contribution in [0.3, 0.4) is 0 Å². The summed E-state index contributed by atoms with van der Waals surface area (Å²) in [5.41, 5.74) is 0.261. The van der Waals surface area contributed by atoms with Gasteiger partial charge in [-0.1, -0.05) is 42.1 Å². The van der Waals surface area contributed by atoms with Gasteiger partial charge in [-0.3, -0.25) is 5.21 Å². The quantitative estimate of drug-likeness (QED) is 0.822. The number of rotatable bonds is 3. The van der Waals surface area contributed by atoms with Gasteiger partial charge in [-0.15, -0.1) is 0 Å². The lowest BCUT2D eigenvalue weighted by molar-refractivity contribution is 0.294. The van der Waals surface area contributed by atoms with E-state index in [1.54, 1.807) is 18.2 Å². The molecule has 0 heterocycles. The van der Waals surface area contributed by atoms with Gasteiger partial charge in [0.15, 0.2) is 0 Å². The van der Waals surface area contributed by atoms with E-state index in [-0.39, 0.29) is 10.9 Å². The van der Waals surface area contributed by atoms with Crippen molar-refractivity contribution in [1.29, 1.82) is 0 Å². The maximum Gasteiger partial charge on any atom is 0.0648 e. The van der Waals surface area contributed by atoms with Crippen molar-refractivity contribution in [1.82, 2.24) is 0 Å². The Morgan fingerprint density at radius 3 is 2.25 bits per heavy atom. The van der Waals surface area contributed by atoms with E-state index in [9.17, 15) is 5.21 Å². The number of nitrogens with zero attached hydrogens (tertiary/aromatic N) is 1. The molecule has 16 heavy (non-hydrogen) atoms. The van der Waals surface area contributed by atoms with Crippen LogP contribution in [0.4, 0.5) is 5.69 Å². The van der Waals surface area contributed by atoms with Crippen LogP contribution in [0.2, 0.25) is 0 Å². The van der Waals surface area contributed by atoms with Gasteiger partial charge in [0, 0.05) is 9.79 Å². The third-order valence-electron chi connectivity index (χ3n) is 2.04. The van der Waals surface area contributed by atoms with Crippen LogP contribution >= 0.6 is 11.8 Å². The molecule has 3 nitrogen and oxygen atoms in total. The second-order valence-electron chi connectivity index (χ2n) is 3.16. The standard InChI is InChI=1S/C12H10NO2S/c14-13(15)11-8-4-5-9-12(11)16-10-6-2-1-3-7-10/h1-9,14H/q-1. The zero-order valence-electron chi connectivity index (χ0n) is 8.41. The minimum atomic E-state index is -0.106. The molecular weight excluding hydrogens is 222 g/mol. The highest BCUT2D eigenvalue weighted by Crippen LogP contribution is 2.34. The second-order valence-corrected chi connectivity index (χ2v) is 4.27. The first-order chi connectivity index (χ1) is 7.77. The second kappa shape index (κ2) is 5.03. The SMILES string of the molecule is [O-]N(O)c1ccccc1Sc1ccccc1. The summed E-state index contributed by atoms with van der Waals surface area (Å²) in [6.07, 6.45) is 0. The van der Waals surface area contributed by atoms with Gasteiger partial charge >= 0.3 is 0 Å². The molecule has 2 aromatic carbocycles. The molecule has 4 heteroatoms. The summed E-state index contributed by atoms with van der Waals surface area (Å²) in [6.45, 7) is 0. The van der Waals surface area contributed by atoms with E-state index in [4.69, 9.17) is 5.21 Å². The van der Waals surface area contributed by atoms with Crippen LogP contribution in [0.5, 0.6) is 0 Å². The van der Waals surface area contributed by atoms with Gasteiger partial charge in [0.05, 0.1) is 5.69 Å². The van der Waals surface area contributed by atoms with Crippen molar-refractivity contribution in [2.45, 2.75) is 9.79 Å². The molecule has 0 fully saturated rings. The van der Waals surface area contributed by atoms with Crippen LogP contribution in [-0.2, 0) is 0 Å². The highest BCUT2D eigenvalue weighted by molar-refractivity contribution is 7.99. The molecule has 0 spiro atoms. The van der Waals surface area contributed by atoms with Crippen molar-refractivity contribution >= 4 is 17.4 Å². The van der Waals surface area contributed by atoms with Crippen molar-refractivity contribution in [3.63, 3.8) is 0 Å². The zero-order valence-corrected chi connectivity index (χ0v) is 9.22. The lowest BCUT2D eigenvalue weighted by atomic mass is 10.3. The molecule has 0 aromatic heterocycles. The van der Waals surface area contributed by atoms with Crippen molar-refractivity contribution < 1.29 is 5.21 Å². The molecule has 0 amide bonds. The van der Waals surface area contributed by atoms with Crippen LogP contribution < -0.4 is 5.23 Å². The van der Waals surface area contributed by atoms with Gasteiger partial charge < -0.3 is 10.4 Å². The first-order valence-electron chi connectivity index (χ1n) is 4.75. The van der Waals surface area contributed by atoms with Crippen LogP contribution in [0.15, 0.2) is 64.4 Å². The average Bonchev–Trinajstić information content (AvgIpc) is 2.31. The van der Waals surface area contributed by atoms with Crippen molar-refractivity contribution in [3.05, 3.63) is 59.8 Å². The molecule has 2 aromatic rings. The van der Waals surface area contributed by atoms with E-state index in [2.05, 4.69) is 0 Å². The van der Waals surface area contributed by atoms with Crippen molar-refractivity contribution in [3.8, 4) is 0 Å². The molecule has 0 bridgehead atoms. The highest BCUT2D eigenvalue weighted by atomic mass is 32.2. The third-order valence-corrected chi connectivity index (χ3v) is 3.12. The van der Waals surface area contributed by atoms with Gasteiger partial charge in [0.1, 0.15) is 0 Å². The van der Waals surface area contributed by atoms with Gasteiger partial charge in [-0.25, -0.2) is 0 Å². The summed E-state index contributed by atoms with van der Waals surface area (Å²) in [5, 5.41) is 19.8. The number of hydrogen-bond donors (Lipinski definition) is 1. The third kappa shape index (κ3) is 2.55. The molecule has 0 aliphatic carbocycles. The molecule has 82 valence electrons. The van der Waals surface area contributed by atoms with E-state index in [1.807, 2.05) is 36.4 Å². The predicted molar refractivity (Wildman–Crippen MR) is 64.6 cm³/mol. The summed E-state index contributed by atoms with van der Waals surface area (Å²) in [4.78, 5) is 1.75. The fourth-order valence-corrected chi connectivity index (χ4v) is 2.26. The molecule has 0 aliphatic heterocycles. The van der Waals surface area contributed by atoms with Gasteiger partial charge in [-0.05, 0) is 24.3 Å². The largest absolute Gasteiger partial charge is 0.733 e. The predicted octanol–water partition coefficient (Wildman–Crippen LogP) is 3.53. The van der Waals surface area contributed by atoms with E-state index < -0.39 is 0 Å². The lowest BCUT2D eigenvalue weighted by Crippen LogP contribution is -2.07. The topological polar surface area (TPSA) is 46.5 Å². The lowest BCUT2D eigenvalue weighted by Gasteiger charge is -2.24. The Labute approximate surface area is 97.9 Å². The number of hydrogen-bond acceptors (Lipinski definition) is 4. The van der Waals surface area contributed by atoms with Crippen molar-refractivity contribution in [2.75, 3.05) is 5.23 Å². The zero-order chi connectivity index (χ0) is 11.4. The molecular formula is C12H10NO2S-. The number of benzene rings is 2. The Kier molecular flexibility index (Phi) is 3.46. The fraction of sp³-hybridized carbons (Fsp3) is 0. The van der Waals surface area contributed by atoms with Gasteiger partial charge in [0.2, 0.25) is 0 Å². The van der Waals surface area contributed by atoms with Crippen molar-refractivity contribution in [2.24, 2.45) is 0 Å². The van der Waals surface area contributed by atoms with Gasteiger partial charge in [-0.2, -0.15) is 0 Å². The van der Waals surface area contributed by atoms with E-state index in [1.165, 1.54) is 11.8 Å². The van der Waals surface area contributed by atoms with Crippen LogP contribution in [0.1, 0.15) is 0 Å². The normalized spacial score (nSPS) is 10.1. The molecule has 1 N–H and O–H groups in total. The first kappa shape index (κ1) is 11.0. The molecule has 0 atom stereocenters. The molecule has 0 radical (unpaired) electrons. The first-order valence-corrected chi connectivity index (χ1v) is 5.57. The molecule has 0 aliphatic rings. The molecule has 2 rings (SSSR count). The summed E-state index contributed by atoms with van der Waals surface area (Å²) >= 11 is 1.44. The summed E-state index contributed by atoms with van der Waals surface area (Å²) < 4.78 is 0. The minimum Gasteiger partial charge on any atom is -0.733 e. The summed E-state index contributed by atoms with van der Waals surface area (Å²) in [7, 11) is 0. The van der Waals surface area contributed by atoms with Crippen LogP contribution in [-0.4, -0.2) is 5.21 Å². The Morgan fingerprint density at radius 1 is 0.938 bits per heavy atom. The Morgan fingerprint density at radius 2 is 1.56 bits per heavy atom. The van der Waals surface area contributed by atoms with Crippen LogP contribution in [0.25, 0.3) is 0 Å². The maximum atomic E-state index is 10.9. The fourth-order valence-electron chi connectivity index (χ4n) is 1.32. The Balaban J connectivity index is 2.28. The van der Waals surface area contributed by atoms with E-state index in [0.29, 0.717) is 0 Å². The van der Waals surface area contributed by atoms with E-state index >= 15 is 0 Å². The molecule has 0 unspecified atom stereocenters.